The molecule has 0 atom stereocenters. The van der Waals surface area contributed by atoms with Crippen LogP contribution < -0.4 is 5.32 Å². The number of aryl methyl sites for hydroxylation is 2. The van der Waals surface area contributed by atoms with Crippen LogP contribution in [0, 0.1) is 25.7 Å². The fourth-order valence-electron chi connectivity index (χ4n) is 1.91. The van der Waals surface area contributed by atoms with Gasteiger partial charge in [-0.15, -0.1) is 0 Å². The zero-order chi connectivity index (χ0) is 15.2. The molecule has 0 aliphatic carbocycles. The van der Waals surface area contributed by atoms with Crippen molar-refractivity contribution in [2.24, 2.45) is 0 Å². The molecule has 0 spiro atoms. The van der Waals surface area contributed by atoms with Crippen molar-refractivity contribution in [1.29, 1.82) is 0 Å². The van der Waals surface area contributed by atoms with E-state index in [1.54, 1.807) is 13.8 Å². The zero-order valence-corrected chi connectivity index (χ0v) is 11.9. The first kappa shape index (κ1) is 14.8. The van der Waals surface area contributed by atoms with Gasteiger partial charge in [0.25, 0.3) is 5.91 Å². The van der Waals surface area contributed by atoms with E-state index in [2.05, 4.69) is 22.1 Å². The molecule has 5 heteroatoms. The van der Waals surface area contributed by atoms with Gasteiger partial charge >= 0.3 is 0 Å². The van der Waals surface area contributed by atoms with E-state index in [-0.39, 0.29) is 18.3 Å². The molecule has 0 saturated heterocycles. The van der Waals surface area contributed by atoms with Gasteiger partial charge in [0.2, 0.25) is 5.76 Å². The number of nitrogens with one attached hydrogen (secondary N) is 1. The van der Waals surface area contributed by atoms with Gasteiger partial charge < -0.3 is 14.8 Å². The first-order valence-electron chi connectivity index (χ1n) is 6.51. The second-order valence-electron chi connectivity index (χ2n) is 4.49. The number of aromatic nitrogens is 1. The molecule has 21 heavy (non-hydrogen) atoms. The van der Waals surface area contributed by atoms with Crippen LogP contribution in [-0.4, -0.2) is 22.6 Å². The van der Waals surface area contributed by atoms with Crippen LogP contribution in [0.15, 0.2) is 28.7 Å². The van der Waals surface area contributed by atoms with Crippen molar-refractivity contribution in [1.82, 2.24) is 10.3 Å². The number of hydrogen-bond acceptors (Lipinski definition) is 4. The molecule has 5 nitrogen and oxygen atoms in total. The molecule has 0 aliphatic rings. The standard InChI is InChI=1S/C16H16N2O3/c1-11-15(21-12(2)18-11)16(20)17-10-14-6-3-5-13(9-14)7-4-8-19/h3,5-6,9,19H,8,10H2,1-2H3,(H,17,20). The Hall–Kier alpha value is -2.58. The van der Waals surface area contributed by atoms with Gasteiger partial charge in [0.1, 0.15) is 6.61 Å². The Labute approximate surface area is 123 Å². The summed E-state index contributed by atoms with van der Waals surface area (Å²) < 4.78 is 5.27. The number of oxazole rings is 1. The molecule has 1 amide bonds. The molecule has 0 saturated carbocycles. The maximum atomic E-state index is 12.0. The highest BCUT2D eigenvalue weighted by atomic mass is 16.4. The van der Waals surface area contributed by atoms with Crippen LogP contribution in [0.25, 0.3) is 0 Å². The molecule has 1 heterocycles. The summed E-state index contributed by atoms with van der Waals surface area (Å²) in [4.78, 5) is 16.1. The largest absolute Gasteiger partial charge is 0.436 e. The van der Waals surface area contributed by atoms with E-state index in [4.69, 9.17) is 9.52 Å². The predicted molar refractivity (Wildman–Crippen MR) is 77.6 cm³/mol. The Balaban J connectivity index is 2.03. The SMILES string of the molecule is Cc1nc(C)c(C(=O)NCc2cccc(C#CCO)c2)o1. The minimum absolute atomic E-state index is 0.176. The highest BCUT2D eigenvalue weighted by molar-refractivity contribution is 5.92. The van der Waals surface area contributed by atoms with Crippen LogP contribution in [0.5, 0.6) is 0 Å². The van der Waals surface area contributed by atoms with Crippen molar-refractivity contribution in [3.05, 3.63) is 52.7 Å². The summed E-state index contributed by atoms with van der Waals surface area (Å²) in [5.74, 6) is 5.83. The second-order valence-corrected chi connectivity index (χ2v) is 4.49. The van der Waals surface area contributed by atoms with Crippen LogP contribution in [0.4, 0.5) is 0 Å². The number of aliphatic hydroxyl groups excluding tert-OH is 1. The third kappa shape index (κ3) is 3.94. The molecule has 108 valence electrons. The molecule has 1 aromatic carbocycles. The van der Waals surface area contributed by atoms with Crippen molar-refractivity contribution in [3.63, 3.8) is 0 Å². The average Bonchev–Trinajstić information content (AvgIpc) is 2.82. The van der Waals surface area contributed by atoms with Crippen molar-refractivity contribution in [2.45, 2.75) is 20.4 Å². The first-order valence-corrected chi connectivity index (χ1v) is 6.51. The lowest BCUT2D eigenvalue weighted by Crippen LogP contribution is -2.23. The third-order valence-corrected chi connectivity index (χ3v) is 2.80. The first-order chi connectivity index (χ1) is 10.1. The van der Waals surface area contributed by atoms with E-state index < -0.39 is 0 Å². The Kier molecular flexibility index (Phi) is 4.75. The summed E-state index contributed by atoms with van der Waals surface area (Å²) in [6.07, 6.45) is 0. The number of aliphatic hydroxyl groups is 1. The smallest absolute Gasteiger partial charge is 0.289 e. The van der Waals surface area contributed by atoms with Gasteiger partial charge in [0.15, 0.2) is 5.89 Å². The number of benzene rings is 1. The third-order valence-electron chi connectivity index (χ3n) is 2.80. The molecule has 2 rings (SSSR count). The summed E-state index contributed by atoms with van der Waals surface area (Å²) in [5.41, 5.74) is 2.29. The number of carbonyl (C=O) groups is 1. The van der Waals surface area contributed by atoms with Crippen LogP contribution in [0.1, 0.15) is 33.3 Å². The van der Waals surface area contributed by atoms with E-state index in [1.165, 1.54) is 0 Å². The normalized spacial score (nSPS) is 9.86. The fraction of sp³-hybridized carbons (Fsp3) is 0.250. The maximum absolute atomic E-state index is 12.0. The molecule has 0 radical (unpaired) electrons. The topological polar surface area (TPSA) is 75.4 Å². The van der Waals surface area contributed by atoms with Crippen molar-refractivity contribution in [3.8, 4) is 11.8 Å². The van der Waals surface area contributed by atoms with Crippen LogP contribution in [0.2, 0.25) is 0 Å². The Bertz CT molecular complexity index is 708. The summed E-state index contributed by atoms with van der Waals surface area (Å²) in [5, 5.41) is 11.5. The summed E-state index contributed by atoms with van der Waals surface area (Å²) >= 11 is 0. The molecule has 0 fully saturated rings. The second kappa shape index (κ2) is 6.73. The van der Waals surface area contributed by atoms with Gasteiger partial charge in [-0.25, -0.2) is 4.98 Å². The van der Waals surface area contributed by atoms with Crippen molar-refractivity contribution in [2.75, 3.05) is 6.61 Å². The summed E-state index contributed by atoms with van der Waals surface area (Å²) in [6.45, 7) is 3.63. The van der Waals surface area contributed by atoms with Crippen LogP contribution in [-0.2, 0) is 6.54 Å². The van der Waals surface area contributed by atoms with E-state index in [9.17, 15) is 4.79 Å². The van der Waals surface area contributed by atoms with Gasteiger partial charge in [0.05, 0.1) is 5.69 Å². The van der Waals surface area contributed by atoms with Gasteiger partial charge in [-0.2, -0.15) is 0 Å². The number of carbonyl (C=O) groups excluding carboxylic acids is 1. The molecule has 0 unspecified atom stereocenters. The molecular formula is C16H16N2O3. The molecule has 2 aromatic rings. The summed E-state index contributed by atoms with van der Waals surface area (Å²) in [6, 6.07) is 7.45. The van der Waals surface area contributed by atoms with E-state index in [1.807, 2.05) is 24.3 Å². The van der Waals surface area contributed by atoms with E-state index in [0.717, 1.165) is 11.1 Å². The highest BCUT2D eigenvalue weighted by Gasteiger charge is 2.15. The van der Waals surface area contributed by atoms with Gasteiger partial charge in [0, 0.05) is 19.0 Å². The van der Waals surface area contributed by atoms with Crippen molar-refractivity contribution >= 4 is 5.91 Å². The summed E-state index contributed by atoms with van der Waals surface area (Å²) in [7, 11) is 0. The van der Waals surface area contributed by atoms with Crippen LogP contribution in [0.3, 0.4) is 0 Å². The fourth-order valence-corrected chi connectivity index (χ4v) is 1.91. The molecule has 0 aliphatic heterocycles. The lowest BCUT2D eigenvalue weighted by Gasteiger charge is -2.04. The minimum atomic E-state index is -0.292. The lowest BCUT2D eigenvalue weighted by molar-refractivity contribution is 0.0921. The minimum Gasteiger partial charge on any atom is -0.436 e. The highest BCUT2D eigenvalue weighted by Crippen LogP contribution is 2.10. The van der Waals surface area contributed by atoms with Gasteiger partial charge in [-0.3, -0.25) is 4.79 Å². The number of hydrogen-bond donors (Lipinski definition) is 2. The quantitative estimate of drug-likeness (QED) is 0.839. The molecule has 2 N–H and O–H groups in total. The maximum Gasteiger partial charge on any atom is 0.289 e. The van der Waals surface area contributed by atoms with Crippen molar-refractivity contribution < 1.29 is 14.3 Å². The van der Waals surface area contributed by atoms with Gasteiger partial charge in [-0.05, 0) is 24.6 Å². The number of amides is 1. The molecular weight excluding hydrogens is 268 g/mol. The Morgan fingerprint density at radius 3 is 2.90 bits per heavy atom. The Morgan fingerprint density at radius 2 is 2.24 bits per heavy atom. The average molecular weight is 284 g/mol. The monoisotopic (exact) mass is 284 g/mol. The predicted octanol–water partition coefficient (Wildman–Crippen LogP) is 1.57. The molecule has 1 aromatic heterocycles. The number of rotatable bonds is 3. The molecule has 0 bridgehead atoms. The Morgan fingerprint density at radius 1 is 1.43 bits per heavy atom. The van der Waals surface area contributed by atoms with Gasteiger partial charge in [-0.1, -0.05) is 24.0 Å². The van der Waals surface area contributed by atoms with Crippen LogP contribution >= 0.6 is 0 Å². The zero-order valence-electron chi connectivity index (χ0n) is 11.9. The number of nitrogens with zero attached hydrogens (tertiary/aromatic N) is 1. The van der Waals surface area contributed by atoms with E-state index in [0.29, 0.717) is 18.1 Å². The lowest BCUT2D eigenvalue weighted by atomic mass is 10.1. The van der Waals surface area contributed by atoms with E-state index >= 15 is 0 Å².